The van der Waals surface area contributed by atoms with Crippen molar-refractivity contribution in [1.82, 2.24) is 5.32 Å². The molecule has 3 aromatic rings. The summed E-state index contributed by atoms with van der Waals surface area (Å²) in [5.41, 5.74) is 2.85. The highest BCUT2D eigenvalue weighted by Gasteiger charge is 2.11. The van der Waals surface area contributed by atoms with E-state index in [1.807, 2.05) is 11.3 Å². The van der Waals surface area contributed by atoms with Gasteiger partial charge in [-0.3, -0.25) is 0 Å². The van der Waals surface area contributed by atoms with Crippen molar-refractivity contribution in [3.63, 3.8) is 0 Å². The lowest BCUT2D eigenvalue weighted by molar-refractivity contribution is 0.558. The van der Waals surface area contributed by atoms with Gasteiger partial charge < -0.3 is 5.32 Å². The quantitative estimate of drug-likeness (QED) is 0.736. The molecule has 1 atom stereocenters. The minimum Gasteiger partial charge on any atom is -0.316 e. The number of thiophene rings is 1. The lowest BCUT2D eigenvalue weighted by atomic mass is 9.99. The zero-order valence-corrected chi connectivity index (χ0v) is 12.5. The largest absolute Gasteiger partial charge is 0.316 e. The van der Waals surface area contributed by atoms with E-state index in [4.69, 9.17) is 0 Å². The zero-order chi connectivity index (χ0) is 13.8. The first-order valence-electron chi connectivity index (χ1n) is 7.03. The molecule has 2 heteroatoms. The van der Waals surface area contributed by atoms with Gasteiger partial charge >= 0.3 is 0 Å². The Morgan fingerprint density at radius 1 is 0.950 bits per heavy atom. The minimum absolute atomic E-state index is 0.482. The number of benzene rings is 2. The van der Waals surface area contributed by atoms with Crippen molar-refractivity contribution in [3.05, 3.63) is 71.1 Å². The number of hydrogen-bond donors (Lipinski definition) is 1. The van der Waals surface area contributed by atoms with Crippen LogP contribution in [-0.4, -0.2) is 13.1 Å². The fraction of sp³-hybridized carbons (Fsp3) is 0.222. The van der Waals surface area contributed by atoms with Crippen molar-refractivity contribution < 1.29 is 0 Å². The molecule has 0 fully saturated rings. The number of rotatable bonds is 5. The maximum atomic E-state index is 3.46. The average Bonchev–Trinajstić information content (AvgIpc) is 2.91. The van der Waals surface area contributed by atoms with Gasteiger partial charge in [0, 0.05) is 10.7 Å². The molecular formula is C18H19NS. The Morgan fingerprint density at radius 2 is 1.70 bits per heavy atom. The van der Waals surface area contributed by atoms with Gasteiger partial charge in [0.15, 0.2) is 0 Å². The van der Waals surface area contributed by atoms with Gasteiger partial charge in [0.05, 0.1) is 0 Å². The summed E-state index contributed by atoms with van der Waals surface area (Å²) >= 11 is 1.84. The lowest BCUT2D eigenvalue weighted by Crippen LogP contribution is -2.29. The van der Waals surface area contributed by atoms with Gasteiger partial charge in [-0.1, -0.05) is 48.5 Å². The van der Waals surface area contributed by atoms with Crippen LogP contribution in [0, 0.1) is 0 Å². The third-order valence-corrected chi connectivity index (χ3v) is 4.77. The van der Waals surface area contributed by atoms with Gasteiger partial charge in [-0.05, 0) is 47.8 Å². The molecule has 1 N–H and O–H groups in total. The molecule has 1 heterocycles. The second-order valence-corrected chi connectivity index (χ2v) is 6.05. The van der Waals surface area contributed by atoms with Crippen LogP contribution in [0.4, 0.5) is 0 Å². The highest BCUT2D eigenvalue weighted by molar-refractivity contribution is 7.17. The molecule has 0 aliphatic heterocycles. The number of fused-ring (bicyclic) bond motifs is 1. The Balaban J connectivity index is 1.78. The second kappa shape index (κ2) is 6.21. The SMILES string of the molecule is CNC(Cc1ccccc1)Cc1csc2ccccc12. The number of nitrogens with one attached hydrogen (secondary N) is 1. The molecule has 0 aliphatic rings. The molecule has 1 nitrogen and oxygen atoms in total. The predicted octanol–water partition coefficient (Wildman–Crippen LogP) is 4.27. The molecule has 102 valence electrons. The van der Waals surface area contributed by atoms with E-state index in [0.29, 0.717) is 6.04 Å². The van der Waals surface area contributed by atoms with Gasteiger partial charge in [-0.25, -0.2) is 0 Å². The maximum absolute atomic E-state index is 3.46. The number of hydrogen-bond acceptors (Lipinski definition) is 2. The van der Waals surface area contributed by atoms with E-state index in [0.717, 1.165) is 12.8 Å². The van der Waals surface area contributed by atoms with E-state index in [-0.39, 0.29) is 0 Å². The van der Waals surface area contributed by atoms with Crippen molar-refractivity contribution in [2.45, 2.75) is 18.9 Å². The van der Waals surface area contributed by atoms with Gasteiger partial charge in [0.25, 0.3) is 0 Å². The zero-order valence-electron chi connectivity index (χ0n) is 11.7. The molecule has 2 aromatic carbocycles. The molecule has 3 rings (SSSR count). The van der Waals surface area contributed by atoms with Crippen molar-refractivity contribution >= 4 is 21.4 Å². The first kappa shape index (κ1) is 13.3. The van der Waals surface area contributed by atoms with Crippen LogP contribution in [0.5, 0.6) is 0 Å². The molecule has 0 aliphatic carbocycles. The predicted molar refractivity (Wildman–Crippen MR) is 88.5 cm³/mol. The van der Waals surface area contributed by atoms with Crippen molar-refractivity contribution in [2.24, 2.45) is 0 Å². The molecule has 0 saturated carbocycles. The van der Waals surface area contributed by atoms with Gasteiger partial charge in [0.1, 0.15) is 0 Å². The summed E-state index contributed by atoms with van der Waals surface area (Å²) in [6, 6.07) is 19.9. The van der Waals surface area contributed by atoms with Crippen molar-refractivity contribution in [3.8, 4) is 0 Å². The summed E-state index contributed by atoms with van der Waals surface area (Å²) in [7, 11) is 2.06. The van der Waals surface area contributed by atoms with E-state index in [9.17, 15) is 0 Å². The van der Waals surface area contributed by atoms with E-state index in [2.05, 4.69) is 72.3 Å². The van der Waals surface area contributed by atoms with Crippen LogP contribution in [0.2, 0.25) is 0 Å². The van der Waals surface area contributed by atoms with Gasteiger partial charge in [0.2, 0.25) is 0 Å². The highest BCUT2D eigenvalue weighted by atomic mass is 32.1. The standard InChI is InChI=1S/C18H19NS/c1-19-16(11-14-7-3-2-4-8-14)12-15-13-20-18-10-6-5-9-17(15)18/h2-10,13,16,19H,11-12H2,1H3. The van der Waals surface area contributed by atoms with Crippen LogP contribution in [0.25, 0.3) is 10.1 Å². The monoisotopic (exact) mass is 281 g/mol. The van der Waals surface area contributed by atoms with Crippen molar-refractivity contribution in [1.29, 1.82) is 0 Å². The Hall–Kier alpha value is -1.64. The van der Waals surface area contributed by atoms with Crippen LogP contribution in [0.3, 0.4) is 0 Å². The Labute approximate surface area is 124 Å². The molecule has 0 saturated heterocycles. The number of likely N-dealkylation sites (N-methyl/N-ethyl adjacent to an activating group) is 1. The fourth-order valence-electron chi connectivity index (χ4n) is 2.63. The lowest BCUT2D eigenvalue weighted by Gasteiger charge is -2.16. The summed E-state index contributed by atoms with van der Waals surface area (Å²) in [6.45, 7) is 0. The molecular weight excluding hydrogens is 262 g/mol. The first-order valence-corrected chi connectivity index (χ1v) is 7.91. The maximum Gasteiger partial charge on any atom is 0.0345 e. The van der Waals surface area contributed by atoms with E-state index >= 15 is 0 Å². The first-order chi connectivity index (χ1) is 9.86. The molecule has 1 aromatic heterocycles. The second-order valence-electron chi connectivity index (χ2n) is 5.14. The summed E-state index contributed by atoms with van der Waals surface area (Å²) < 4.78 is 1.39. The van der Waals surface area contributed by atoms with Crippen LogP contribution in [-0.2, 0) is 12.8 Å². The summed E-state index contributed by atoms with van der Waals surface area (Å²) in [4.78, 5) is 0. The molecule has 0 radical (unpaired) electrons. The van der Waals surface area contributed by atoms with Gasteiger partial charge in [-0.15, -0.1) is 11.3 Å². The third-order valence-electron chi connectivity index (χ3n) is 3.76. The van der Waals surface area contributed by atoms with E-state index < -0.39 is 0 Å². The Kier molecular flexibility index (Phi) is 4.14. The van der Waals surface area contributed by atoms with Crippen LogP contribution >= 0.6 is 11.3 Å². The molecule has 0 spiro atoms. The molecule has 0 bridgehead atoms. The van der Waals surface area contributed by atoms with Crippen LogP contribution < -0.4 is 5.32 Å². The average molecular weight is 281 g/mol. The summed E-state index contributed by atoms with van der Waals surface area (Å²) in [6.07, 6.45) is 2.15. The third kappa shape index (κ3) is 2.92. The topological polar surface area (TPSA) is 12.0 Å². The molecule has 0 amide bonds. The van der Waals surface area contributed by atoms with Crippen LogP contribution in [0.15, 0.2) is 60.0 Å². The molecule has 1 unspecified atom stereocenters. The summed E-state index contributed by atoms with van der Waals surface area (Å²) in [5, 5.41) is 7.17. The van der Waals surface area contributed by atoms with Crippen molar-refractivity contribution in [2.75, 3.05) is 7.05 Å². The summed E-state index contributed by atoms with van der Waals surface area (Å²) in [5.74, 6) is 0. The van der Waals surface area contributed by atoms with E-state index in [1.165, 1.54) is 21.2 Å². The Bertz CT molecular complexity index is 672. The van der Waals surface area contributed by atoms with E-state index in [1.54, 1.807) is 0 Å². The fourth-order valence-corrected chi connectivity index (χ4v) is 3.61. The smallest absolute Gasteiger partial charge is 0.0345 e. The molecule has 20 heavy (non-hydrogen) atoms. The minimum atomic E-state index is 0.482. The van der Waals surface area contributed by atoms with Crippen LogP contribution in [0.1, 0.15) is 11.1 Å². The normalized spacial score (nSPS) is 12.7. The van der Waals surface area contributed by atoms with Gasteiger partial charge in [-0.2, -0.15) is 0 Å². The highest BCUT2D eigenvalue weighted by Crippen LogP contribution is 2.26. The Morgan fingerprint density at radius 3 is 2.50 bits per heavy atom.